The Bertz CT molecular complexity index is 990. The molecule has 0 amide bonds. The lowest BCUT2D eigenvalue weighted by molar-refractivity contribution is -0.141. The van der Waals surface area contributed by atoms with E-state index in [4.69, 9.17) is 4.74 Å². The SMILES string of the molecule is COC(=O)C[C@H](c1c(O)cc(C)n(CCc2ccc(O)c(O)c2)c1=O)C1CCCCC1. The van der Waals surface area contributed by atoms with Gasteiger partial charge in [-0.3, -0.25) is 9.59 Å². The molecular formula is C24H31NO6. The highest BCUT2D eigenvalue weighted by molar-refractivity contribution is 5.70. The van der Waals surface area contributed by atoms with Crippen molar-refractivity contribution in [3.8, 4) is 17.2 Å². The van der Waals surface area contributed by atoms with E-state index in [9.17, 15) is 24.9 Å². The van der Waals surface area contributed by atoms with E-state index in [1.165, 1.54) is 19.2 Å². The number of ether oxygens (including phenoxy) is 1. The minimum Gasteiger partial charge on any atom is -0.507 e. The van der Waals surface area contributed by atoms with Crippen LogP contribution in [0.5, 0.6) is 17.2 Å². The van der Waals surface area contributed by atoms with Crippen LogP contribution < -0.4 is 5.56 Å². The van der Waals surface area contributed by atoms with Gasteiger partial charge in [-0.1, -0.05) is 25.3 Å². The summed E-state index contributed by atoms with van der Waals surface area (Å²) in [6, 6.07) is 6.16. The molecule has 2 aromatic rings. The molecule has 0 bridgehead atoms. The molecule has 7 heteroatoms. The maximum absolute atomic E-state index is 13.5. The predicted molar refractivity (Wildman–Crippen MR) is 117 cm³/mol. The Morgan fingerprint density at radius 1 is 1.10 bits per heavy atom. The zero-order valence-corrected chi connectivity index (χ0v) is 18.1. The fourth-order valence-corrected chi connectivity index (χ4v) is 4.66. The number of esters is 1. The number of aromatic nitrogens is 1. The molecule has 1 aromatic heterocycles. The van der Waals surface area contributed by atoms with Gasteiger partial charge in [0.2, 0.25) is 0 Å². The van der Waals surface area contributed by atoms with Crippen LogP contribution in [0.2, 0.25) is 0 Å². The van der Waals surface area contributed by atoms with E-state index in [1.54, 1.807) is 23.6 Å². The van der Waals surface area contributed by atoms with Crippen LogP contribution in [-0.2, 0) is 22.5 Å². The summed E-state index contributed by atoms with van der Waals surface area (Å²) in [5.74, 6) is -1.09. The number of pyridine rings is 1. The summed E-state index contributed by atoms with van der Waals surface area (Å²) >= 11 is 0. The maximum atomic E-state index is 13.5. The molecule has 1 heterocycles. The number of benzene rings is 1. The van der Waals surface area contributed by atoms with E-state index in [0.29, 0.717) is 18.7 Å². The average molecular weight is 430 g/mol. The maximum Gasteiger partial charge on any atom is 0.306 e. The van der Waals surface area contributed by atoms with Crippen LogP contribution in [0.3, 0.4) is 0 Å². The number of carbonyl (C=O) groups excluding carboxylic acids is 1. The molecule has 168 valence electrons. The largest absolute Gasteiger partial charge is 0.507 e. The number of aryl methyl sites for hydroxylation is 2. The number of hydrogen-bond acceptors (Lipinski definition) is 6. The Morgan fingerprint density at radius 3 is 2.45 bits per heavy atom. The lowest BCUT2D eigenvalue weighted by Crippen LogP contribution is -2.31. The van der Waals surface area contributed by atoms with Gasteiger partial charge in [-0.15, -0.1) is 0 Å². The van der Waals surface area contributed by atoms with Crippen molar-refractivity contribution in [2.24, 2.45) is 5.92 Å². The molecule has 1 saturated carbocycles. The fourth-order valence-electron chi connectivity index (χ4n) is 4.66. The molecular weight excluding hydrogens is 398 g/mol. The second-order valence-electron chi connectivity index (χ2n) is 8.40. The number of hydrogen-bond donors (Lipinski definition) is 3. The van der Waals surface area contributed by atoms with Gasteiger partial charge < -0.3 is 24.6 Å². The average Bonchev–Trinajstić information content (AvgIpc) is 2.75. The topological polar surface area (TPSA) is 109 Å². The smallest absolute Gasteiger partial charge is 0.306 e. The molecule has 1 aliphatic carbocycles. The number of phenols is 2. The number of rotatable bonds is 7. The van der Waals surface area contributed by atoms with Gasteiger partial charge in [-0.2, -0.15) is 0 Å². The van der Waals surface area contributed by atoms with E-state index in [-0.39, 0.29) is 52.6 Å². The third-order valence-electron chi connectivity index (χ3n) is 6.39. The molecule has 31 heavy (non-hydrogen) atoms. The number of carbonyl (C=O) groups is 1. The van der Waals surface area contributed by atoms with Crippen molar-refractivity contribution in [2.75, 3.05) is 7.11 Å². The first-order chi connectivity index (χ1) is 14.8. The fraction of sp³-hybridized carbons (Fsp3) is 0.500. The van der Waals surface area contributed by atoms with Crippen molar-refractivity contribution in [2.45, 2.75) is 64.3 Å². The summed E-state index contributed by atoms with van der Waals surface area (Å²) in [6.45, 7) is 2.10. The highest BCUT2D eigenvalue weighted by Crippen LogP contribution is 2.40. The first-order valence-corrected chi connectivity index (χ1v) is 10.8. The Hall–Kier alpha value is -2.96. The number of aromatic hydroxyl groups is 3. The number of phenolic OH excluding ortho intramolecular Hbond substituents is 2. The third kappa shape index (κ3) is 5.21. The summed E-state index contributed by atoms with van der Waals surface area (Å²) < 4.78 is 6.48. The van der Waals surface area contributed by atoms with Crippen molar-refractivity contribution >= 4 is 5.97 Å². The number of nitrogens with zero attached hydrogens (tertiary/aromatic N) is 1. The highest BCUT2D eigenvalue weighted by atomic mass is 16.5. The molecule has 3 rings (SSSR count). The second-order valence-corrected chi connectivity index (χ2v) is 8.40. The van der Waals surface area contributed by atoms with Gasteiger partial charge in [0.25, 0.3) is 5.56 Å². The van der Waals surface area contributed by atoms with Crippen LogP contribution in [0.1, 0.15) is 61.3 Å². The second kappa shape index (κ2) is 9.90. The summed E-state index contributed by atoms with van der Waals surface area (Å²) in [7, 11) is 1.33. The predicted octanol–water partition coefficient (Wildman–Crippen LogP) is 3.74. The van der Waals surface area contributed by atoms with Gasteiger partial charge in [0.15, 0.2) is 11.5 Å². The molecule has 0 radical (unpaired) electrons. The van der Waals surface area contributed by atoms with Crippen LogP contribution in [0.4, 0.5) is 0 Å². The molecule has 1 aliphatic rings. The normalized spacial score (nSPS) is 15.5. The van der Waals surface area contributed by atoms with Gasteiger partial charge in [0.05, 0.1) is 19.1 Å². The zero-order chi connectivity index (χ0) is 22.5. The summed E-state index contributed by atoms with van der Waals surface area (Å²) in [4.78, 5) is 25.6. The summed E-state index contributed by atoms with van der Waals surface area (Å²) in [5, 5.41) is 29.9. The van der Waals surface area contributed by atoms with E-state index >= 15 is 0 Å². The molecule has 1 fully saturated rings. The van der Waals surface area contributed by atoms with Crippen molar-refractivity contribution in [1.29, 1.82) is 0 Å². The molecule has 0 aliphatic heterocycles. The van der Waals surface area contributed by atoms with E-state index < -0.39 is 0 Å². The van der Waals surface area contributed by atoms with Crippen molar-refractivity contribution in [3.63, 3.8) is 0 Å². The Kier molecular flexibility index (Phi) is 7.25. The minimum atomic E-state index is -0.388. The minimum absolute atomic E-state index is 0.0683. The van der Waals surface area contributed by atoms with Crippen molar-refractivity contribution in [1.82, 2.24) is 4.57 Å². The van der Waals surface area contributed by atoms with Crippen LogP contribution >= 0.6 is 0 Å². The van der Waals surface area contributed by atoms with Crippen LogP contribution in [0.25, 0.3) is 0 Å². The van der Waals surface area contributed by atoms with Gasteiger partial charge in [-0.05, 0) is 55.9 Å². The number of methoxy groups -OCH3 is 1. The Balaban J connectivity index is 1.95. The Labute approximate surface area is 181 Å². The molecule has 0 unspecified atom stereocenters. The molecule has 0 saturated heterocycles. The molecule has 3 N–H and O–H groups in total. The van der Waals surface area contributed by atoms with Crippen molar-refractivity contribution < 1.29 is 24.9 Å². The summed E-state index contributed by atoms with van der Waals surface area (Å²) in [6.07, 6.45) is 5.61. The van der Waals surface area contributed by atoms with E-state index in [0.717, 1.165) is 37.7 Å². The van der Waals surface area contributed by atoms with Crippen LogP contribution in [0, 0.1) is 12.8 Å². The van der Waals surface area contributed by atoms with E-state index in [1.807, 2.05) is 0 Å². The van der Waals surface area contributed by atoms with E-state index in [2.05, 4.69) is 0 Å². The molecule has 7 nitrogen and oxygen atoms in total. The first-order valence-electron chi connectivity index (χ1n) is 10.8. The monoisotopic (exact) mass is 429 g/mol. The standard InChI is InChI=1S/C24H31NO6/c1-15-12-21(28)23(18(14-22(29)31-2)17-6-4-3-5-7-17)24(30)25(15)11-10-16-8-9-19(26)20(27)13-16/h8-9,12-13,17-18,26-28H,3-7,10-11,14H2,1-2H3/t18-/m0/s1. The van der Waals surface area contributed by atoms with Gasteiger partial charge in [0.1, 0.15) is 5.75 Å². The zero-order valence-electron chi connectivity index (χ0n) is 18.1. The highest BCUT2D eigenvalue weighted by Gasteiger charge is 2.32. The van der Waals surface area contributed by atoms with Gasteiger partial charge in [-0.25, -0.2) is 0 Å². The Morgan fingerprint density at radius 2 is 1.81 bits per heavy atom. The van der Waals surface area contributed by atoms with Crippen LogP contribution in [0.15, 0.2) is 29.1 Å². The quantitative estimate of drug-likeness (QED) is 0.457. The van der Waals surface area contributed by atoms with Gasteiger partial charge in [0, 0.05) is 18.2 Å². The van der Waals surface area contributed by atoms with Crippen molar-refractivity contribution in [3.05, 3.63) is 51.4 Å². The van der Waals surface area contributed by atoms with Crippen LogP contribution in [-0.4, -0.2) is 33.0 Å². The molecule has 0 spiro atoms. The summed E-state index contributed by atoms with van der Waals surface area (Å²) in [5.41, 5.74) is 1.39. The first kappa shape index (κ1) is 22.7. The van der Waals surface area contributed by atoms with Gasteiger partial charge >= 0.3 is 5.97 Å². The lowest BCUT2D eigenvalue weighted by atomic mass is 9.75. The third-order valence-corrected chi connectivity index (χ3v) is 6.39. The molecule has 1 atom stereocenters. The lowest BCUT2D eigenvalue weighted by Gasteiger charge is -2.30. The molecule has 1 aromatic carbocycles.